The molecule has 3 aromatic rings. The molecule has 0 amide bonds. The van der Waals surface area contributed by atoms with E-state index in [-0.39, 0.29) is 18.1 Å². The third-order valence-corrected chi connectivity index (χ3v) is 4.22. The first kappa shape index (κ1) is 19.4. The molecule has 1 aromatic heterocycles. The molecule has 0 aliphatic heterocycles. The molecule has 0 N–H and O–H groups in total. The van der Waals surface area contributed by atoms with Crippen LogP contribution in [0.15, 0.2) is 60.8 Å². The van der Waals surface area contributed by atoms with Gasteiger partial charge >= 0.3 is 0 Å². The predicted molar refractivity (Wildman–Crippen MR) is 105 cm³/mol. The van der Waals surface area contributed by atoms with Crippen molar-refractivity contribution in [1.82, 2.24) is 9.78 Å². The molecule has 0 radical (unpaired) electrons. The number of nitrogens with zero attached hydrogens (tertiary/aromatic N) is 2. The van der Waals surface area contributed by atoms with E-state index in [1.165, 1.54) is 12.1 Å². The number of rotatable bonds is 8. The van der Waals surface area contributed by atoms with Crippen molar-refractivity contribution in [3.63, 3.8) is 0 Å². The Kier molecular flexibility index (Phi) is 6.22. The number of hydrogen-bond acceptors (Lipinski definition) is 4. The third-order valence-electron chi connectivity index (χ3n) is 4.22. The number of ether oxygens (including phenoxy) is 2. The first-order chi connectivity index (χ1) is 13.6. The second-order valence-corrected chi connectivity index (χ2v) is 6.02. The molecule has 1 heterocycles. The molecule has 6 heteroatoms. The fraction of sp³-hybridized carbons (Fsp3) is 0.182. The van der Waals surface area contributed by atoms with Gasteiger partial charge in [-0.25, -0.2) is 4.39 Å². The third kappa shape index (κ3) is 4.46. The second kappa shape index (κ2) is 8.99. The number of allylic oxidation sites excluding steroid dienone is 1. The number of carbonyl (C=O) groups is 1. The van der Waals surface area contributed by atoms with Crippen molar-refractivity contribution < 1.29 is 18.7 Å². The molecule has 0 saturated heterocycles. The highest BCUT2D eigenvalue weighted by molar-refractivity contribution is 6.05. The van der Waals surface area contributed by atoms with Crippen LogP contribution in [-0.2, 0) is 13.2 Å². The molecule has 0 fully saturated rings. The van der Waals surface area contributed by atoms with Crippen LogP contribution in [-0.4, -0.2) is 22.7 Å². The van der Waals surface area contributed by atoms with Crippen molar-refractivity contribution in [3.05, 3.63) is 83.4 Å². The van der Waals surface area contributed by atoms with Crippen LogP contribution >= 0.6 is 0 Å². The molecule has 3 rings (SSSR count). The van der Waals surface area contributed by atoms with Crippen LogP contribution in [0.3, 0.4) is 0 Å². The van der Waals surface area contributed by atoms with Gasteiger partial charge in [-0.15, -0.1) is 0 Å². The first-order valence-corrected chi connectivity index (χ1v) is 8.91. The number of ketones is 1. The van der Waals surface area contributed by atoms with Gasteiger partial charge in [-0.2, -0.15) is 5.10 Å². The number of para-hydroxylation sites is 1. The summed E-state index contributed by atoms with van der Waals surface area (Å²) in [4.78, 5) is 12.4. The van der Waals surface area contributed by atoms with Crippen LogP contribution in [0.2, 0.25) is 0 Å². The maximum atomic E-state index is 13.7. The average Bonchev–Trinajstić information content (AvgIpc) is 3.20. The summed E-state index contributed by atoms with van der Waals surface area (Å²) < 4.78 is 26.3. The Morgan fingerprint density at radius 1 is 1.18 bits per heavy atom. The van der Waals surface area contributed by atoms with Gasteiger partial charge in [-0.1, -0.05) is 24.3 Å². The van der Waals surface area contributed by atoms with E-state index in [9.17, 15) is 9.18 Å². The minimum absolute atomic E-state index is 0.126. The van der Waals surface area contributed by atoms with E-state index < -0.39 is 5.82 Å². The number of aromatic nitrogens is 2. The summed E-state index contributed by atoms with van der Waals surface area (Å²) in [5.41, 5.74) is 2.10. The van der Waals surface area contributed by atoms with E-state index in [1.807, 2.05) is 19.1 Å². The maximum absolute atomic E-state index is 13.7. The predicted octanol–water partition coefficient (Wildman–Crippen LogP) is 4.53. The highest BCUT2D eigenvalue weighted by Crippen LogP contribution is 2.24. The van der Waals surface area contributed by atoms with E-state index in [4.69, 9.17) is 9.47 Å². The fourth-order valence-electron chi connectivity index (χ4n) is 2.78. The first-order valence-electron chi connectivity index (χ1n) is 8.91. The Bertz CT molecular complexity index is 995. The van der Waals surface area contributed by atoms with Crippen LogP contribution in [0, 0.1) is 5.82 Å². The van der Waals surface area contributed by atoms with Crippen LogP contribution in [0.4, 0.5) is 4.39 Å². The molecule has 0 bridgehead atoms. The monoisotopic (exact) mass is 380 g/mol. The van der Waals surface area contributed by atoms with Crippen LogP contribution < -0.4 is 9.47 Å². The van der Waals surface area contributed by atoms with Crippen molar-refractivity contribution in [2.45, 2.75) is 20.1 Å². The van der Waals surface area contributed by atoms with Gasteiger partial charge in [0.2, 0.25) is 5.78 Å². The topological polar surface area (TPSA) is 53.4 Å². The summed E-state index contributed by atoms with van der Waals surface area (Å²) in [5, 5.41) is 4.11. The Morgan fingerprint density at radius 2 is 2.00 bits per heavy atom. The summed E-state index contributed by atoms with van der Waals surface area (Å²) in [6.07, 6.45) is 4.84. The van der Waals surface area contributed by atoms with E-state index in [0.29, 0.717) is 18.0 Å². The van der Waals surface area contributed by atoms with Gasteiger partial charge in [-0.05, 0) is 48.9 Å². The lowest BCUT2D eigenvalue weighted by atomic mass is 10.1. The van der Waals surface area contributed by atoms with Gasteiger partial charge in [0.05, 0.1) is 7.11 Å². The number of aryl methyl sites for hydroxylation is 1. The number of methoxy groups -OCH3 is 1. The normalized spacial score (nSPS) is 11.0. The standard InChI is InChI=1S/C22H21FN2O3/c1-3-25-19(12-13-24-25)20(26)10-8-16-9-11-21(27-2)17(14-16)15-28-22-7-5-4-6-18(22)23/h4-14H,3,15H2,1-2H3/b10-8+. The Balaban J connectivity index is 1.76. The molecular formula is C22H21FN2O3. The van der Waals surface area contributed by atoms with Crippen molar-refractivity contribution in [1.29, 1.82) is 0 Å². The number of carbonyl (C=O) groups excluding carboxylic acids is 1. The van der Waals surface area contributed by atoms with Gasteiger partial charge in [-0.3, -0.25) is 9.48 Å². The molecule has 2 aromatic carbocycles. The Labute approximate surface area is 163 Å². The molecule has 0 spiro atoms. The van der Waals surface area contributed by atoms with Gasteiger partial charge in [0.25, 0.3) is 0 Å². The molecule has 28 heavy (non-hydrogen) atoms. The molecule has 0 saturated carbocycles. The lowest BCUT2D eigenvalue weighted by molar-refractivity contribution is 0.103. The Hall–Kier alpha value is -3.41. The summed E-state index contributed by atoms with van der Waals surface area (Å²) in [6.45, 7) is 2.70. The summed E-state index contributed by atoms with van der Waals surface area (Å²) in [7, 11) is 1.56. The maximum Gasteiger partial charge on any atom is 0.203 e. The van der Waals surface area contributed by atoms with Crippen LogP contribution in [0.25, 0.3) is 6.08 Å². The largest absolute Gasteiger partial charge is 0.496 e. The molecule has 5 nitrogen and oxygen atoms in total. The highest BCUT2D eigenvalue weighted by atomic mass is 19.1. The second-order valence-electron chi connectivity index (χ2n) is 6.02. The van der Waals surface area contributed by atoms with Crippen molar-refractivity contribution in [3.8, 4) is 11.5 Å². The minimum atomic E-state index is -0.421. The molecule has 0 unspecified atom stereocenters. The van der Waals surface area contributed by atoms with Crippen LogP contribution in [0.5, 0.6) is 11.5 Å². The van der Waals surface area contributed by atoms with Gasteiger partial charge in [0, 0.05) is 18.3 Å². The SMILES string of the molecule is CCn1nccc1C(=O)/C=C/c1ccc(OC)c(COc2ccccc2F)c1. The summed E-state index contributed by atoms with van der Waals surface area (Å²) in [5.74, 6) is 0.257. The average molecular weight is 380 g/mol. The molecular weight excluding hydrogens is 359 g/mol. The van der Waals surface area contributed by atoms with Crippen LogP contribution in [0.1, 0.15) is 28.5 Å². The zero-order valence-corrected chi connectivity index (χ0v) is 15.8. The zero-order chi connectivity index (χ0) is 19.9. The van der Waals surface area contributed by atoms with Crippen molar-refractivity contribution >= 4 is 11.9 Å². The van der Waals surface area contributed by atoms with Gasteiger partial charge in [0.15, 0.2) is 11.6 Å². The van der Waals surface area contributed by atoms with Gasteiger partial charge < -0.3 is 9.47 Å². The summed E-state index contributed by atoms with van der Waals surface area (Å²) in [6, 6.07) is 13.4. The molecule has 0 aliphatic rings. The molecule has 0 aliphatic carbocycles. The smallest absolute Gasteiger partial charge is 0.203 e. The number of hydrogen-bond donors (Lipinski definition) is 0. The number of halogens is 1. The highest BCUT2D eigenvalue weighted by Gasteiger charge is 2.09. The van der Waals surface area contributed by atoms with Crippen molar-refractivity contribution in [2.24, 2.45) is 0 Å². The van der Waals surface area contributed by atoms with Gasteiger partial charge in [0.1, 0.15) is 18.1 Å². The van der Waals surface area contributed by atoms with Crippen molar-refractivity contribution in [2.75, 3.05) is 7.11 Å². The van der Waals surface area contributed by atoms with E-state index in [1.54, 1.807) is 54.4 Å². The van der Waals surface area contributed by atoms with E-state index in [2.05, 4.69) is 5.10 Å². The number of benzene rings is 2. The summed E-state index contributed by atoms with van der Waals surface area (Å²) >= 11 is 0. The minimum Gasteiger partial charge on any atom is -0.496 e. The van der Waals surface area contributed by atoms with E-state index >= 15 is 0 Å². The quantitative estimate of drug-likeness (QED) is 0.426. The Morgan fingerprint density at radius 3 is 2.75 bits per heavy atom. The fourth-order valence-corrected chi connectivity index (χ4v) is 2.78. The lowest BCUT2D eigenvalue weighted by Crippen LogP contribution is -2.07. The van der Waals surface area contributed by atoms with E-state index in [0.717, 1.165) is 11.1 Å². The zero-order valence-electron chi connectivity index (χ0n) is 15.8. The molecule has 144 valence electrons. The lowest BCUT2D eigenvalue weighted by Gasteiger charge is -2.11. The molecule has 0 atom stereocenters.